The third-order valence-corrected chi connectivity index (χ3v) is 2.88. The van der Waals surface area contributed by atoms with Gasteiger partial charge in [-0.25, -0.2) is 13.6 Å². The molecule has 0 unspecified atom stereocenters. The van der Waals surface area contributed by atoms with E-state index in [0.717, 1.165) is 12.2 Å². The van der Waals surface area contributed by atoms with Crippen molar-refractivity contribution in [2.45, 2.75) is 13.8 Å². The number of hydrogen-bond donors (Lipinski definition) is 1. The van der Waals surface area contributed by atoms with Gasteiger partial charge in [0.1, 0.15) is 0 Å². The zero-order chi connectivity index (χ0) is 13.8. The minimum Gasteiger partial charge on any atom is -0.258 e. The molecule has 0 rings (SSSR count). The molecule has 0 saturated heterocycles. The molecule has 94 valence electrons. The van der Waals surface area contributed by atoms with Crippen LogP contribution in [-0.2, 0) is 10.0 Å². The van der Waals surface area contributed by atoms with E-state index in [-0.39, 0.29) is 11.3 Å². The second-order valence-electron chi connectivity index (χ2n) is 3.28. The van der Waals surface area contributed by atoms with Crippen molar-refractivity contribution >= 4 is 10.0 Å². The molecule has 0 aliphatic carbocycles. The number of hydrogen-bond acceptors (Lipinski definition) is 4. The number of rotatable bonds is 5. The molecule has 0 amide bonds. The smallest absolute Gasteiger partial charge is 0.258 e. The van der Waals surface area contributed by atoms with E-state index in [4.69, 9.17) is 5.14 Å². The van der Waals surface area contributed by atoms with Crippen molar-refractivity contribution in [1.29, 1.82) is 0 Å². The molecule has 6 nitrogen and oxygen atoms in total. The lowest BCUT2D eigenvalue weighted by Gasteiger charge is -2.07. The number of primary sulfonamides is 1. The maximum Gasteiger partial charge on any atom is 0.266 e. The number of nitrogens with zero attached hydrogens (tertiary/aromatic N) is 1. The van der Waals surface area contributed by atoms with Crippen molar-refractivity contribution < 1.29 is 13.3 Å². The number of sulfonamides is 1. The van der Waals surface area contributed by atoms with E-state index in [9.17, 15) is 18.5 Å². The summed E-state index contributed by atoms with van der Waals surface area (Å²) in [7, 11) is -4.09. The Balaban J connectivity index is 5.84. The van der Waals surface area contributed by atoms with Crippen molar-refractivity contribution in [2.75, 3.05) is 0 Å². The van der Waals surface area contributed by atoms with Crippen molar-refractivity contribution in [3.05, 3.63) is 57.2 Å². The quantitative estimate of drug-likeness (QED) is 0.458. The van der Waals surface area contributed by atoms with Crippen LogP contribution in [0.5, 0.6) is 0 Å². The van der Waals surface area contributed by atoms with Crippen LogP contribution < -0.4 is 5.14 Å². The van der Waals surface area contributed by atoms with Crippen LogP contribution in [0.3, 0.4) is 0 Å². The molecule has 0 aromatic carbocycles. The second kappa shape index (κ2) is 5.55. The molecule has 0 bridgehead atoms. The molecule has 0 atom stereocenters. The highest BCUT2D eigenvalue weighted by Crippen LogP contribution is 2.21. The fourth-order valence-corrected chi connectivity index (χ4v) is 1.73. The van der Waals surface area contributed by atoms with Crippen LogP contribution in [0.2, 0.25) is 0 Å². The van der Waals surface area contributed by atoms with Crippen LogP contribution in [0.25, 0.3) is 0 Å². The van der Waals surface area contributed by atoms with E-state index in [0.29, 0.717) is 5.57 Å². The van der Waals surface area contributed by atoms with E-state index < -0.39 is 19.9 Å². The first-order valence-electron chi connectivity index (χ1n) is 4.51. The molecule has 0 radical (unpaired) electrons. The standard InChI is InChI=1S/C10H14N2O4S/c1-5-9(12(13)14)6-10(17(11,15)16)8(4)7(2)3/h5-6H,2,4H2,1,3H3,(H2,11,15,16)/b9-5+,10-6+. The molecule has 17 heavy (non-hydrogen) atoms. The Morgan fingerprint density at radius 3 is 2.12 bits per heavy atom. The monoisotopic (exact) mass is 258 g/mol. The lowest BCUT2D eigenvalue weighted by atomic mass is 10.1. The number of nitrogens with two attached hydrogens (primary N) is 1. The van der Waals surface area contributed by atoms with Crippen LogP contribution in [0.15, 0.2) is 47.1 Å². The van der Waals surface area contributed by atoms with E-state index in [1.165, 1.54) is 13.8 Å². The van der Waals surface area contributed by atoms with Crippen LogP contribution in [-0.4, -0.2) is 13.3 Å². The fourth-order valence-electron chi connectivity index (χ4n) is 0.927. The van der Waals surface area contributed by atoms with Gasteiger partial charge in [-0.05, 0) is 25.5 Å². The summed E-state index contributed by atoms with van der Waals surface area (Å²) in [6.07, 6.45) is 2.03. The van der Waals surface area contributed by atoms with E-state index in [2.05, 4.69) is 13.2 Å². The van der Waals surface area contributed by atoms with E-state index >= 15 is 0 Å². The molecular weight excluding hydrogens is 244 g/mol. The summed E-state index contributed by atoms with van der Waals surface area (Å²) in [6.45, 7) is 9.95. The molecule has 2 N–H and O–H groups in total. The summed E-state index contributed by atoms with van der Waals surface area (Å²) in [5, 5.41) is 15.6. The Hall–Kier alpha value is -1.73. The summed E-state index contributed by atoms with van der Waals surface area (Å²) < 4.78 is 22.6. The lowest BCUT2D eigenvalue weighted by molar-refractivity contribution is -0.419. The van der Waals surface area contributed by atoms with Gasteiger partial charge in [0.25, 0.3) is 5.70 Å². The summed E-state index contributed by atoms with van der Waals surface area (Å²) in [5.74, 6) is 0. The Morgan fingerprint density at radius 1 is 1.41 bits per heavy atom. The molecule has 7 heteroatoms. The van der Waals surface area contributed by atoms with Crippen molar-refractivity contribution in [1.82, 2.24) is 0 Å². The SMILES string of the molecule is C=C(C)C(=C)/C(=C\C(=C/C)[N+](=O)[O-])S(N)(=O)=O. The van der Waals surface area contributed by atoms with Gasteiger partial charge >= 0.3 is 0 Å². The average Bonchev–Trinajstić information content (AvgIpc) is 2.15. The van der Waals surface area contributed by atoms with Gasteiger partial charge in [0.15, 0.2) is 0 Å². The third kappa shape index (κ3) is 4.33. The molecular formula is C10H14N2O4S. The predicted molar refractivity (Wildman–Crippen MR) is 65.9 cm³/mol. The first-order valence-corrected chi connectivity index (χ1v) is 6.06. The Bertz CT molecular complexity index is 527. The first-order chi connectivity index (χ1) is 7.61. The maximum absolute atomic E-state index is 11.3. The average molecular weight is 258 g/mol. The molecule has 0 spiro atoms. The second-order valence-corrected chi connectivity index (χ2v) is 4.81. The molecule has 0 saturated carbocycles. The summed E-state index contributed by atoms with van der Waals surface area (Å²) in [4.78, 5) is 9.47. The highest BCUT2D eigenvalue weighted by molar-refractivity contribution is 7.93. The zero-order valence-electron chi connectivity index (χ0n) is 9.63. The fraction of sp³-hybridized carbons (Fsp3) is 0.200. The third-order valence-electron chi connectivity index (χ3n) is 1.90. The Kier molecular flexibility index (Phi) is 4.99. The highest BCUT2D eigenvalue weighted by Gasteiger charge is 2.19. The minimum atomic E-state index is -4.09. The first kappa shape index (κ1) is 15.3. The largest absolute Gasteiger partial charge is 0.266 e. The summed E-state index contributed by atoms with van der Waals surface area (Å²) in [5.41, 5.74) is 0.0363. The van der Waals surface area contributed by atoms with Crippen LogP contribution in [0.1, 0.15) is 13.8 Å². The predicted octanol–water partition coefficient (Wildman–Crippen LogP) is 1.47. The number of nitro groups is 1. The Morgan fingerprint density at radius 2 is 1.88 bits per heavy atom. The molecule has 0 aromatic rings. The maximum atomic E-state index is 11.3. The molecule has 0 heterocycles. The van der Waals surface area contributed by atoms with Gasteiger partial charge < -0.3 is 0 Å². The molecule has 0 aromatic heterocycles. The van der Waals surface area contributed by atoms with Crippen LogP contribution in [0, 0.1) is 10.1 Å². The van der Waals surface area contributed by atoms with Gasteiger partial charge in [0, 0.05) is 6.08 Å². The molecule has 0 fully saturated rings. The highest BCUT2D eigenvalue weighted by atomic mass is 32.2. The van der Waals surface area contributed by atoms with Crippen molar-refractivity contribution in [3.63, 3.8) is 0 Å². The molecule has 0 aliphatic heterocycles. The van der Waals surface area contributed by atoms with Gasteiger partial charge in [0.2, 0.25) is 10.0 Å². The van der Waals surface area contributed by atoms with E-state index in [1.54, 1.807) is 0 Å². The zero-order valence-corrected chi connectivity index (χ0v) is 10.5. The summed E-state index contributed by atoms with van der Waals surface area (Å²) >= 11 is 0. The van der Waals surface area contributed by atoms with Crippen LogP contribution in [0.4, 0.5) is 0 Å². The van der Waals surface area contributed by atoms with Gasteiger partial charge in [-0.15, -0.1) is 0 Å². The molecule has 0 aliphatic rings. The lowest BCUT2D eigenvalue weighted by Crippen LogP contribution is -2.17. The summed E-state index contributed by atoms with van der Waals surface area (Å²) in [6, 6.07) is 0. The Labute approximate surface area is 100 Å². The van der Waals surface area contributed by atoms with Crippen molar-refractivity contribution in [3.8, 4) is 0 Å². The van der Waals surface area contributed by atoms with E-state index in [1.807, 2.05) is 0 Å². The number of allylic oxidation sites excluding steroid dienone is 4. The van der Waals surface area contributed by atoms with Gasteiger partial charge in [-0.1, -0.05) is 18.7 Å². The van der Waals surface area contributed by atoms with Crippen molar-refractivity contribution in [2.24, 2.45) is 5.14 Å². The topological polar surface area (TPSA) is 103 Å². The van der Waals surface area contributed by atoms with Gasteiger partial charge in [-0.2, -0.15) is 0 Å². The van der Waals surface area contributed by atoms with Crippen LogP contribution >= 0.6 is 0 Å². The minimum absolute atomic E-state index is 0.0497. The normalized spacial score (nSPS) is 13.4. The van der Waals surface area contributed by atoms with Gasteiger partial charge in [-0.3, -0.25) is 10.1 Å². The van der Waals surface area contributed by atoms with Gasteiger partial charge in [0.05, 0.1) is 9.83 Å².